The number of hydrogen-bond acceptors (Lipinski definition) is 12. The molecular weight excluding hydrogens is 1710 g/mol. The van der Waals surface area contributed by atoms with Gasteiger partial charge in [-0.15, -0.1) is 0 Å². The van der Waals surface area contributed by atoms with Gasteiger partial charge in [-0.1, -0.05) is 121 Å². The number of fused-ring (bicyclic) bond motifs is 60. The highest BCUT2D eigenvalue weighted by molar-refractivity contribution is 6.17. The first-order chi connectivity index (χ1) is 69.4. The zero-order valence-electron chi connectivity index (χ0n) is 75.1. The van der Waals surface area contributed by atoms with Crippen LogP contribution in [0, 0.1) is 0 Å². The summed E-state index contributed by atoms with van der Waals surface area (Å²) in [6, 6.07) is 102. The van der Waals surface area contributed by atoms with Gasteiger partial charge in [-0.2, -0.15) is 0 Å². The lowest BCUT2D eigenvalue weighted by Gasteiger charge is -2.08. The average molecular weight is 1790 g/mol. The molecule has 0 aliphatic heterocycles. The molecule has 0 amide bonds. The zero-order valence-corrected chi connectivity index (χ0v) is 75.1. The van der Waals surface area contributed by atoms with Crippen LogP contribution in [-0.4, -0.2) is 77.4 Å². The second kappa shape index (κ2) is 27.7. The van der Waals surface area contributed by atoms with Gasteiger partial charge in [-0.05, 0) is 361 Å². The molecule has 28 aromatic rings. The second-order valence-corrected chi connectivity index (χ2v) is 38.8. The molecule has 36 rings (SSSR count). The predicted molar refractivity (Wildman–Crippen MR) is 559 cm³/mol. The molecule has 0 N–H and O–H groups in total. The predicted octanol–water partition coefficient (Wildman–Crippen LogP) is 26.9. The molecule has 16 aromatic heterocycles. The maximum atomic E-state index is 5.27. The largest absolute Gasteiger partial charge is 0.290 e. The Morgan fingerprint density at radius 1 is 0.157 bits per heavy atom. The van der Waals surface area contributed by atoms with Gasteiger partial charge in [0.05, 0.1) is 82.8 Å². The van der Waals surface area contributed by atoms with Crippen molar-refractivity contribution in [3.05, 3.63) is 430 Å². The molecule has 0 spiro atoms. The molecule has 8 aliphatic carbocycles. The number of aromatic nitrogens is 16. The lowest BCUT2D eigenvalue weighted by molar-refractivity contribution is 1.24. The van der Waals surface area contributed by atoms with Crippen LogP contribution >= 0.6 is 0 Å². The Kier molecular flexibility index (Phi) is 14.9. The van der Waals surface area contributed by atoms with Gasteiger partial charge in [-0.25, -0.2) is 19.9 Å². The van der Waals surface area contributed by atoms with Crippen LogP contribution in [0.5, 0.6) is 0 Å². The van der Waals surface area contributed by atoms with Gasteiger partial charge in [0.2, 0.25) is 0 Å². The Hall–Kier alpha value is -18.3. The Balaban J connectivity index is 0.0000000829. The van der Waals surface area contributed by atoms with Crippen LogP contribution < -0.4 is 0 Å². The maximum absolute atomic E-state index is 5.27. The molecule has 12 aromatic carbocycles. The molecular formula is C124H72N16. The van der Waals surface area contributed by atoms with Crippen molar-refractivity contribution >= 4 is 154 Å². The molecule has 16 nitrogen and oxygen atoms in total. The van der Waals surface area contributed by atoms with Gasteiger partial charge in [-0.3, -0.25) is 57.5 Å². The van der Waals surface area contributed by atoms with Gasteiger partial charge in [0.25, 0.3) is 0 Å². The van der Waals surface area contributed by atoms with Crippen molar-refractivity contribution in [2.75, 3.05) is 0 Å². The minimum Gasteiger partial charge on any atom is -0.290 e. The molecule has 8 aliphatic rings. The summed E-state index contributed by atoms with van der Waals surface area (Å²) in [6.45, 7) is 0. The first kappa shape index (κ1) is 75.1. The second-order valence-electron chi connectivity index (χ2n) is 38.8. The third-order valence-corrected chi connectivity index (χ3v) is 31.7. The first-order valence-electron chi connectivity index (χ1n) is 48.2. The number of pyridine rings is 12. The van der Waals surface area contributed by atoms with E-state index in [0.29, 0.717) is 0 Å². The smallest absolute Gasteiger partial charge is 0.165 e. The Morgan fingerprint density at radius 3 is 0.843 bits per heavy atom. The summed E-state index contributed by atoms with van der Waals surface area (Å²) in [4.78, 5) is 58.1. The van der Waals surface area contributed by atoms with Crippen LogP contribution in [0.1, 0.15) is 89.0 Å². The SMILES string of the molecule is c1ccc2c(c1)Cc1cc3c(cc1-2)Cc1c-3ccc2c1nc1c3cccnc3c3ncccc3n21.c1ccc2c(c1)Cc1cc3c(cc1-2)Cc1c-3ccc2c1nc1c3ccncc3c3ncccc3n21.c1ccc2c(c1)Cc1cc3c(cc1-2)Cc1c-3ccc2c1nc1c3cnccc3c3ncccc3n21.c1ccc2c(c1)Cc1cc3c(cc1-2)Cc1c-3ccc2c1nc1c3ncccc3c3ncccc3n21. The quantitative estimate of drug-likeness (QED) is 0.132. The van der Waals surface area contributed by atoms with Gasteiger partial charge in [0.1, 0.15) is 33.5 Å². The van der Waals surface area contributed by atoms with Crippen LogP contribution in [-0.2, 0) is 51.4 Å². The minimum absolute atomic E-state index is 0.898. The summed E-state index contributed by atoms with van der Waals surface area (Å²) in [5.41, 5.74) is 66.7. The molecule has 0 fully saturated rings. The first-order valence-corrected chi connectivity index (χ1v) is 48.2. The van der Waals surface area contributed by atoms with Gasteiger partial charge in [0, 0.05) is 120 Å². The van der Waals surface area contributed by atoms with Crippen molar-refractivity contribution in [1.29, 1.82) is 0 Å². The summed E-state index contributed by atoms with van der Waals surface area (Å²) in [5, 5.41) is 6.34. The fraction of sp³-hybridized carbons (Fsp3) is 0.0645. The fourth-order valence-electron chi connectivity index (χ4n) is 25.7. The summed E-state index contributed by atoms with van der Waals surface area (Å²) in [7, 11) is 0. The molecule has 0 bridgehead atoms. The molecule has 0 atom stereocenters. The van der Waals surface area contributed by atoms with Crippen LogP contribution in [0.25, 0.3) is 243 Å². The number of rotatable bonds is 0. The molecule has 140 heavy (non-hydrogen) atoms. The van der Waals surface area contributed by atoms with E-state index >= 15 is 0 Å². The van der Waals surface area contributed by atoms with E-state index in [1.807, 2.05) is 104 Å². The number of nitrogens with zero attached hydrogens (tertiary/aromatic N) is 16. The average Bonchev–Trinajstić information content (AvgIpc) is 1.56. The Labute approximate surface area is 796 Å². The van der Waals surface area contributed by atoms with Crippen molar-refractivity contribution in [2.45, 2.75) is 51.4 Å². The third-order valence-electron chi connectivity index (χ3n) is 31.7. The maximum Gasteiger partial charge on any atom is 0.165 e. The highest BCUT2D eigenvalue weighted by atomic mass is 15.1. The topological polar surface area (TPSA) is 172 Å². The van der Waals surface area contributed by atoms with Crippen molar-refractivity contribution in [1.82, 2.24) is 77.4 Å². The Morgan fingerprint density at radius 2 is 0.436 bits per heavy atom. The molecule has 648 valence electrons. The lowest BCUT2D eigenvalue weighted by Crippen LogP contribution is -1.94. The van der Waals surface area contributed by atoms with Crippen molar-refractivity contribution in [3.63, 3.8) is 0 Å². The van der Waals surface area contributed by atoms with Crippen LogP contribution in [0.15, 0.2) is 341 Å². The van der Waals surface area contributed by atoms with E-state index in [9.17, 15) is 0 Å². The van der Waals surface area contributed by atoms with E-state index in [-0.39, 0.29) is 0 Å². The van der Waals surface area contributed by atoms with E-state index in [1.165, 1.54) is 178 Å². The monoisotopic (exact) mass is 1780 g/mol. The van der Waals surface area contributed by atoms with Crippen molar-refractivity contribution in [2.24, 2.45) is 0 Å². The van der Waals surface area contributed by atoms with E-state index in [4.69, 9.17) is 44.9 Å². The molecule has 0 saturated heterocycles. The molecule has 0 unspecified atom stereocenters. The normalized spacial score (nSPS) is 13.5. The highest BCUT2D eigenvalue weighted by Crippen LogP contribution is 2.54. The number of hydrogen-bond donors (Lipinski definition) is 0. The fourth-order valence-corrected chi connectivity index (χ4v) is 25.7. The molecule has 16 heteroatoms. The van der Waals surface area contributed by atoms with Gasteiger partial charge >= 0.3 is 0 Å². The van der Waals surface area contributed by atoms with E-state index in [0.717, 1.165) is 206 Å². The van der Waals surface area contributed by atoms with E-state index in [2.05, 4.69) is 269 Å². The van der Waals surface area contributed by atoms with Crippen LogP contribution in [0.4, 0.5) is 0 Å². The van der Waals surface area contributed by atoms with E-state index < -0.39 is 0 Å². The van der Waals surface area contributed by atoms with Crippen molar-refractivity contribution in [3.8, 4) is 89.0 Å². The number of benzene rings is 12. The number of imidazole rings is 4. The lowest BCUT2D eigenvalue weighted by atomic mass is 9.98. The standard InChI is InChI=1S/4C31H18N4/c1-2-6-20-17(5-1)13-18-14-24-19(15-23(18)20)16-25-21(24)9-10-27-28(25)34-31-22-7-3-11-32-29(22)30-26(35(27)31)8-4-12-33-30;1-2-6-20-17(5-1)13-18-14-24-19(15-23(18)20)16-25-21(24)9-10-27-29(25)34-31-30-22(7-3-11-33-30)28-26(35(27)31)8-4-12-32-28;1-2-5-20-17(4-1)12-18-13-24-19(14-23(18)20)15-25-21(24)7-8-28-30(25)34-31-22-9-11-32-16-26(22)29-27(35(28)31)6-3-10-33-29;1-2-5-20-17(4-1)12-18-13-24-19(14-23(18)20)15-25-21(24)7-8-28-30(25)34-31-26-16-32-11-9-22(26)29-27(35(28)31)6-3-10-33-29/h2*1-12,14-15H,13,16H2;2*1-11,13-14,16H,12,15H2. The van der Waals surface area contributed by atoms with Crippen LogP contribution in [0.3, 0.4) is 0 Å². The molecule has 0 saturated carbocycles. The van der Waals surface area contributed by atoms with Crippen molar-refractivity contribution < 1.29 is 0 Å². The van der Waals surface area contributed by atoms with Gasteiger partial charge in [0.15, 0.2) is 5.65 Å². The summed E-state index contributed by atoms with van der Waals surface area (Å²) in [5.74, 6) is 0. The molecule has 0 radical (unpaired) electrons. The van der Waals surface area contributed by atoms with E-state index in [1.54, 1.807) is 0 Å². The summed E-state index contributed by atoms with van der Waals surface area (Å²) >= 11 is 0. The summed E-state index contributed by atoms with van der Waals surface area (Å²) < 4.78 is 9.05. The Bertz CT molecular complexity index is 9460. The van der Waals surface area contributed by atoms with Gasteiger partial charge < -0.3 is 0 Å². The van der Waals surface area contributed by atoms with Crippen LogP contribution in [0.2, 0.25) is 0 Å². The molecule has 16 heterocycles. The highest BCUT2D eigenvalue weighted by Gasteiger charge is 2.36. The summed E-state index contributed by atoms with van der Waals surface area (Å²) in [6.07, 6.45) is 26.3. The minimum atomic E-state index is 0.898. The zero-order chi connectivity index (χ0) is 90.7. The third kappa shape index (κ3) is 10.3.